The van der Waals surface area contributed by atoms with Crippen LogP contribution >= 0.6 is 15.9 Å². The summed E-state index contributed by atoms with van der Waals surface area (Å²) in [5, 5.41) is 0.981. The molecule has 2 nitrogen and oxygen atoms in total. The molecule has 0 aromatic rings. The molecule has 1 heterocycles. The van der Waals surface area contributed by atoms with Crippen LogP contribution in [0.3, 0.4) is 0 Å². The standard InChI is InChI=1S/C10H19BrO2/c1-7(2)8(5-11)9-6-12-10(3,4)13-9/h7-9H,5-6H2,1-4H3/t8-,9+/m0/s1. The van der Waals surface area contributed by atoms with Crippen LogP contribution in [-0.4, -0.2) is 23.8 Å². The zero-order valence-corrected chi connectivity index (χ0v) is 10.4. The molecule has 1 fully saturated rings. The Morgan fingerprint density at radius 3 is 2.38 bits per heavy atom. The van der Waals surface area contributed by atoms with Crippen LogP contribution in [0.25, 0.3) is 0 Å². The van der Waals surface area contributed by atoms with Crippen LogP contribution in [0, 0.1) is 11.8 Å². The first kappa shape index (κ1) is 11.5. The van der Waals surface area contributed by atoms with Gasteiger partial charge in [0.2, 0.25) is 0 Å². The van der Waals surface area contributed by atoms with Crippen molar-refractivity contribution >= 4 is 15.9 Å². The molecular weight excluding hydrogens is 232 g/mol. The predicted octanol–water partition coefficient (Wildman–Crippen LogP) is 2.81. The molecule has 13 heavy (non-hydrogen) atoms. The highest BCUT2D eigenvalue weighted by molar-refractivity contribution is 9.09. The molecule has 0 N–H and O–H groups in total. The molecule has 0 bridgehead atoms. The second-order valence-corrected chi connectivity index (χ2v) is 5.08. The maximum Gasteiger partial charge on any atom is 0.163 e. The van der Waals surface area contributed by atoms with Crippen LogP contribution in [0.15, 0.2) is 0 Å². The number of halogens is 1. The van der Waals surface area contributed by atoms with E-state index in [2.05, 4.69) is 29.8 Å². The van der Waals surface area contributed by atoms with Crippen molar-refractivity contribution in [2.45, 2.75) is 39.6 Å². The summed E-state index contributed by atoms with van der Waals surface area (Å²) in [7, 11) is 0. The average Bonchev–Trinajstić information content (AvgIpc) is 2.31. The molecule has 1 aliphatic rings. The van der Waals surface area contributed by atoms with E-state index in [0.717, 1.165) is 11.9 Å². The SMILES string of the molecule is CC(C)[C@H](CBr)[C@H]1COC(C)(C)O1. The Bertz CT molecular complexity index is 168. The molecule has 0 spiro atoms. The summed E-state index contributed by atoms with van der Waals surface area (Å²) in [5.74, 6) is 0.781. The number of rotatable bonds is 3. The van der Waals surface area contributed by atoms with Gasteiger partial charge in [-0.25, -0.2) is 0 Å². The lowest BCUT2D eigenvalue weighted by Gasteiger charge is -2.25. The van der Waals surface area contributed by atoms with E-state index in [4.69, 9.17) is 9.47 Å². The van der Waals surface area contributed by atoms with Gasteiger partial charge in [-0.2, -0.15) is 0 Å². The molecule has 1 saturated heterocycles. The van der Waals surface area contributed by atoms with Crippen LogP contribution in [0.4, 0.5) is 0 Å². The first-order valence-corrected chi connectivity index (χ1v) is 5.96. The molecule has 78 valence electrons. The van der Waals surface area contributed by atoms with Crippen molar-refractivity contribution in [3.8, 4) is 0 Å². The molecule has 0 aromatic carbocycles. The summed E-state index contributed by atoms with van der Waals surface area (Å²) >= 11 is 3.53. The summed E-state index contributed by atoms with van der Waals surface area (Å²) in [6.07, 6.45) is 0.245. The van der Waals surface area contributed by atoms with Gasteiger partial charge in [-0.05, 0) is 25.7 Å². The van der Waals surface area contributed by atoms with E-state index < -0.39 is 0 Å². The third-order valence-corrected chi connectivity index (χ3v) is 3.29. The van der Waals surface area contributed by atoms with Crippen LogP contribution in [-0.2, 0) is 9.47 Å². The lowest BCUT2D eigenvalue weighted by Crippen LogP contribution is -2.30. The Hall–Kier alpha value is 0.400. The maximum atomic E-state index is 5.81. The third-order valence-electron chi connectivity index (χ3n) is 2.54. The number of hydrogen-bond acceptors (Lipinski definition) is 2. The molecule has 0 amide bonds. The summed E-state index contributed by atoms with van der Waals surface area (Å²) in [6.45, 7) is 9.11. The normalized spacial score (nSPS) is 29.5. The Labute approximate surface area is 89.1 Å². The topological polar surface area (TPSA) is 18.5 Å². The van der Waals surface area contributed by atoms with Crippen molar-refractivity contribution in [3.05, 3.63) is 0 Å². The van der Waals surface area contributed by atoms with Gasteiger partial charge in [-0.1, -0.05) is 29.8 Å². The van der Waals surface area contributed by atoms with Gasteiger partial charge in [-0.15, -0.1) is 0 Å². The molecule has 3 heteroatoms. The predicted molar refractivity (Wildman–Crippen MR) is 57.0 cm³/mol. The van der Waals surface area contributed by atoms with Gasteiger partial charge in [0.05, 0.1) is 12.7 Å². The van der Waals surface area contributed by atoms with Gasteiger partial charge in [0, 0.05) is 5.33 Å². The second-order valence-electron chi connectivity index (χ2n) is 4.43. The molecule has 0 saturated carbocycles. The van der Waals surface area contributed by atoms with Crippen LogP contribution in [0.2, 0.25) is 0 Å². The zero-order valence-electron chi connectivity index (χ0n) is 8.84. The Morgan fingerprint density at radius 1 is 1.46 bits per heavy atom. The van der Waals surface area contributed by atoms with E-state index >= 15 is 0 Å². The van der Waals surface area contributed by atoms with Gasteiger partial charge in [0.15, 0.2) is 5.79 Å². The summed E-state index contributed by atoms with van der Waals surface area (Å²) < 4.78 is 11.4. The lowest BCUT2D eigenvalue weighted by atomic mass is 9.93. The Morgan fingerprint density at radius 2 is 2.08 bits per heavy atom. The quantitative estimate of drug-likeness (QED) is 0.718. The van der Waals surface area contributed by atoms with E-state index in [1.807, 2.05) is 13.8 Å². The maximum absolute atomic E-state index is 5.81. The summed E-state index contributed by atoms with van der Waals surface area (Å²) in [6, 6.07) is 0. The van der Waals surface area contributed by atoms with Gasteiger partial charge >= 0.3 is 0 Å². The monoisotopic (exact) mass is 250 g/mol. The largest absolute Gasteiger partial charge is 0.348 e. The van der Waals surface area contributed by atoms with Crippen molar-refractivity contribution < 1.29 is 9.47 Å². The minimum Gasteiger partial charge on any atom is -0.348 e. The number of alkyl halides is 1. The van der Waals surface area contributed by atoms with Gasteiger partial charge in [0.25, 0.3) is 0 Å². The highest BCUT2D eigenvalue weighted by Crippen LogP contribution is 2.30. The fraction of sp³-hybridized carbons (Fsp3) is 1.00. The Kier molecular flexibility index (Phi) is 3.78. The summed E-state index contributed by atoms with van der Waals surface area (Å²) in [5.41, 5.74) is 0. The van der Waals surface area contributed by atoms with Crippen molar-refractivity contribution in [1.82, 2.24) is 0 Å². The van der Waals surface area contributed by atoms with E-state index in [-0.39, 0.29) is 11.9 Å². The van der Waals surface area contributed by atoms with Crippen molar-refractivity contribution in [3.63, 3.8) is 0 Å². The molecule has 0 aliphatic carbocycles. The summed E-state index contributed by atoms with van der Waals surface area (Å²) in [4.78, 5) is 0. The molecule has 1 rings (SSSR count). The smallest absolute Gasteiger partial charge is 0.163 e. The molecule has 0 radical (unpaired) electrons. The second kappa shape index (κ2) is 4.28. The van der Waals surface area contributed by atoms with Gasteiger partial charge in [0.1, 0.15) is 0 Å². The van der Waals surface area contributed by atoms with Gasteiger partial charge in [-0.3, -0.25) is 0 Å². The zero-order chi connectivity index (χ0) is 10.1. The molecular formula is C10H19BrO2. The fourth-order valence-electron chi connectivity index (χ4n) is 1.63. The number of ether oxygens (including phenoxy) is 2. The molecule has 0 aromatic heterocycles. The molecule has 2 atom stereocenters. The highest BCUT2D eigenvalue weighted by Gasteiger charge is 2.37. The van der Waals surface area contributed by atoms with Gasteiger partial charge < -0.3 is 9.47 Å². The van der Waals surface area contributed by atoms with Crippen molar-refractivity contribution in [1.29, 1.82) is 0 Å². The third kappa shape index (κ3) is 2.93. The van der Waals surface area contributed by atoms with Crippen molar-refractivity contribution in [2.75, 3.05) is 11.9 Å². The number of hydrogen-bond donors (Lipinski definition) is 0. The van der Waals surface area contributed by atoms with E-state index in [0.29, 0.717) is 11.8 Å². The van der Waals surface area contributed by atoms with Crippen LogP contribution < -0.4 is 0 Å². The Balaban J connectivity index is 2.53. The first-order valence-electron chi connectivity index (χ1n) is 4.84. The van der Waals surface area contributed by atoms with Crippen LogP contribution in [0.1, 0.15) is 27.7 Å². The average molecular weight is 251 g/mol. The first-order chi connectivity index (χ1) is 5.96. The minimum absolute atomic E-state index is 0.245. The van der Waals surface area contributed by atoms with Crippen molar-refractivity contribution in [2.24, 2.45) is 11.8 Å². The highest BCUT2D eigenvalue weighted by atomic mass is 79.9. The minimum atomic E-state index is -0.389. The van der Waals surface area contributed by atoms with Crippen LogP contribution in [0.5, 0.6) is 0 Å². The molecule has 0 unspecified atom stereocenters. The molecule has 1 aliphatic heterocycles. The van der Waals surface area contributed by atoms with E-state index in [1.165, 1.54) is 0 Å². The van der Waals surface area contributed by atoms with E-state index in [9.17, 15) is 0 Å². The van der Waals surface area contributed by atoms with E-state index in [1.54, 1.807) is 0 Å². The lowest BCUT2D eigenvalue weighted by molar-refractivity contribution is -0.145. The fourth-order valence-corrected chi connectivity index (χ4v) is 2.80.